The van der Waals surface area contributed by atoms with E-state index < -0.39 is 26.5 Å². The summed E-state index contributed by atoms with van der Waals surface area (Å²) in [7, 11) is -4.29. The van der Waals surface area contributed by atoms with Crippen LogP contribution in [0.3, 0.4) is 0 Å². The molecule has 290 valence electrons. The number of hydrogen-bond donors (Lipinski definition) is 2. The lowest BCUT2D eigenvalue weighted by atomic mass is 10.0. The lowest BCUT2D eigenvalue weighted by Gasteiger charge is -2.20. The Bertz CT molecular complexity index is 866. The largest absolute Gasteiger partial charge is 0.472 e. The van der Waals surface area contributed by atoms with E-state index in [0.29, 0.717) is 6.42 Å². The number of phosphoric acid groups is 1. The Balaban J connectivity index is 0. The van der Waals surface area contributed by atoms with Crippen molar-refractivity contribution < 1.29 is 37.6 Å². The Labute approximate surface area is 300 Å². The minimum absolute atomic E-state index is 0. The van der Waals surface area contributed by atoms with Gasteiger partial charge in [0.15, 0.2) is 6.10 Å². The van der Waals surface area contributed by atoms with Crippen molar-refractivity contribution in [1.82, 2.24) is 6.15 Å². The molecule has 2 unspecified atom stereocenters. The van der Waals surface area contributed by atoms with Gasteiger partial charge >= 0.3 is 19.8 Å². The molecule has 49 heavy (non-hydrogen) atoms. The molecule has 0 aliphatic rings. The van der Waals surface area contributed by atoms with Crippen LogP contribution in [0.25, 0.3) is 0 Å². The van der Waals surface area contributed by atoms with Crippen LogP contribution >= 0.6 is 7.82 Å². The van der Waals surface area contributed by atoms with Crippen LogP contribution in [0.4, 0.5) is 0 Å². The minimum Gasteiger partial charge on any atom is -0.461 e. The summed E-state index contributed by atoms with van der Waals surface area (Å²) in [5, 5.41) is 0. The summed E-state index contributed by atoms with van der Waals surface area (Å²) in [5.41, 5.74) is 0. The summed E-state index contributed by atoms with van der Waals surface area (Å²) < 4.78 is 32.7. The van der Waals surface area contributed by atoms with Gasteiger partial charge in [-0.2, -0.15) is 0 Å². The van der Waals surface area contributed by atoms with Crippen LogP contribution in [-0.4, -0.2) is 42.8 Å². The van der Waals surface area contributed by atoms with E-state index in [1.54, 1.807) is 6.92 Å². The molecular formula is C39H76NO8P. The fourth-order valence-corrected chi connectivity index (χ4v) is 6.12. The van der Waals surface area contributed by atoms with Gasteiger partial charge in [0.1, 0.15) is 6.61 Å². The first-order valence-electron chi connectivity index (χ1n) is 19.5. The van der Waals surface area contributed by atoms with Crippen molar-refractivity contribution in [2.75, 3.05) is 19.8 Å². The van der Waals surface area contributed by atoms with Gasteiger partial charge in [-0.05, 0) is 51.9 Å². The summed E-state index contributed by atoms with van der Waals surface area (Å²) in [4.78, 5) is 35.0. The van der Waals surface area contributed by atoms with E-state index in [1.165, 1.54) is 83.5 Å². The average molecular weight is 718 g/mol. The fraction of sp³-hybridized carbons (Fsp3) is 0.846. The molecule has 0 heterocycles. The maximum Gasteiger partial charge on any atom is 0.472 e. The van der Waals surface area contributed by atoms with Crippen molar-refractivity contribution in [3.63, 3.8) is 0 Å². The summed E-state index contributed by atoms with van der Waals surface area (Å²) in [6, 6.07) is 0. The molecule has 0 saturated heterocycles. The number of carbonyl (C=O) groups excluding carboxylic acids is 2. The van der Waals surface area contributed by atoms with Gasteiger partial charge in [0.05, 0.1) is 19.1 Å². The summed E-state index contributed by atoms with van der Waals surface area (Å²) >= 11 is 0. The zero-order chi connectivity index (χ0) is 35.6. The molecule has 0 aromatic rings. The molecule has 0 aliphatic heterocycles. The molecule has 0 saturated carbocycles. The second-order valence-electron chi connectivity index (χ2n) is 13.1. The summed E-state index contributed by atoms with van der Waals surface area (Å²) in [5.74, 6) is -1.08. The Morgan fingerprint density at radius 1 is 0.653 bits per heavy atom. The predicted octanol–water partition coefficient (Wildman–Crippen LogP) is 11.9. The number of hydrogen-bond acceptors (Lipinski definition) is 8. The molecule has 0 aliphatic carbocycles. The SMILES string of the molecule is CCCCC/C=C\C/C=C\CCCCCCCC(=O)O[C@H](COC(=O)C(C)CCCCCCCCCCCCC)COP(=O)(O)OCC.N. The van der Waals surface area contributed by atoms with E-state index >= 15 is 0 Å². The highest BCUT2D eigenvalue weighted by atomic mass is 31.2. The van der Waals surface area contributed by atoms with Crippen LogP contribution in [0.15, 0.2) is 24.3 Å². The molecular weight excluding hydrogens is 641 g/mol. The Kier molecular flexibility index (Phi) is 36.7. The number of esters is 2. The maximum absolute atomic E-state index is 12.6. The van der Waals surface area contributed by atoms with E-state index in [-0.39, 0.29) is 37.7 Å². The van der Waals surface area contributed by atoms with Crippen LogP contribution in [-0.2, 0) is 32.7 Å². The van der Waals surface area contributed by atoms with Gasteiger partial charge in [-0.1, -0.05) is 148 Å². The van der Waals surface area contributed by atoms with E-state index in [2.05, 4.69) is 38.2 Å². The average Bonchev–Trinajstić information content (AvgIpc) is 3.06. The molecule has 10 heteroatoms. The first kappa shape index (κ1) is 49.6. The van der Waals surface area contributed by atoms with Crippen molar-refractivity contribution in [3.05, 3.63) is 24.3 Å². The van der Waals surface area contributed by atoms with E-state index in [4.69, 9.17) is 18.5 Å². The van der Waals surface area contributed by atoms with Gasteiger partial charge in [-0.15, -0.1) is 0 Å². The monoisotopic (exact) mass is 718 g/mol. The molecule has 0 radical (unpaired) electrons. The second kappa shape index (κ2) is 36.3. The summed E-state index contributed by atoms with van der Waals surface area (Å²) in [6.45, 7) is 7.25. The van der Waals surface area contributed by atoms with E-state index in [9.17, 15) is 19.0 Å². The van der Waals surface area contributed by atoms with E-state index in [1.807, 2.05) is 6.92 Å². The zero-order valence-electron chi connectivity index (χ0n) is 32.0. The highest BCUT2D eigenvalue weighted by molar-refractivity contribution is 7.47. The third kappa shape index (κ3) is 34.7. The number of allylic oxidation sites excluding steroid dienone is 4. The normalized spacial score (nSPS) is 14.1. The van der Waals surface area contributed by atoms with E-state index in [0.717, 1.165) is 57.8 Å². The molecule has 0 fully saturated rings. The van der Waals surface area contributed by atoms with Crippen LogP contribution in [0.1, 0.15) is 182 Å². The fourth-order valence-electron chi connectivity index (χ4n) is 5.37. The first-order chi connectivity index (χ1) is 23.3. The number of ether oxygens (including phenoxy) is 2. The lowest BCUT2D eigenvalue weighted by Crippen LogP contribution is -2.30. The lowest BCUT2D eigenvalue weighted by molar-refractivity contribution is -0.163. The summed E-state index contributed by atoms with van der Waals surface area (Å²) in [6.07, 6.45) is 34.7. The van der Waals surface area contributed by atoms with Crippen LogP contribution < -0.4 is 6.15 Å². The first-order valence-corrected chi connectivity index (χ1v) is 21.0. The van der Waals surface area contributed by atoms with Crippen molar-refractivity contribution in [1.29, 1.82) is 0 Å². The molecule has 9 nitrogen and oxygen atoms in total. The molecule has 0 bridgehead atoms. The minimum atomic E-state index is -4.29. The molecule has 0 rings (SSSR count). The van der Waals surface area contributed by atoms with Gasteiger partial charge in [0, 0.05) is 6.42 Å². The standard InChI is InChI=1S/C39H73O8P.H3N/c1-5-8-10-12-14-16-18-19-20-21-23-25-27-29-31-33-38(40)47-37(35-46-48(42,43)45-7-3)34-44-39(41)36(4)32-30-28-26-24-22-17-15-13-11-9-6-2;/h14,16,19-20,36-37H,5-13,15,17-18,21-35H2,1-4H3,(H,42,43);1H3/b16-14-,20-19-;/t36?,37-;/m1./s1. The maximum atomic E-state index is 12.6. The van der Waals surface area contributed by atoms with Gasteiger partial charge < -0.3 is 20.5 Å². The molecule has 3 atom stereocenters. The number of phosphoric ester groups is 1. The Hall–Kier alpha value is -1.51. The molecule has 0 aromatic carbocycles. The predicted molar refractivity (Wildman–Crippen MR) is 203 cm³/mol. The van der Waals surface area contributed by atoms with Gasteiger partial charge in [0.2, 0.25) is 0 Å². The second-order valence-corrected chi connectivity index (χ2v) is 14.6. The van der Waals surface area contributed by atoms with Crippen LogP contribution in [0, 0.1) is 5.92 Å². The molecule has 0 spiro atoms. The highest BCUT2D eigenvalue weighted by Gasteiger charge is 2.26. The number of carbonyl (C=O) groups is 2. The third-order valence-electron chi connectivity index (χ3n) is 8.40. The molecule has 0 aromatic heterocycles. The van der Waals surface area contributed by atoms with Crippen molar-refractivity contribution in [2.45, 2.75) is 188 Å². The topological polar surface area (TPSA) is 143 Å². The molecule has 4 N–H and O–H groups in total. The van der Waals surface area contributed by atoms with Gasteiger partial charge in [-0.25, -0.2) is 4.57 Å². The number of rotatable bonds is 35. The zero-order valence-corrected chi connectivity index (χ0v) is 32.9. The van der Waals surface area contributed by atoms with Crippen LogP contribution in [0.5, 0.6) is 0 Å². The quantitative estimate of drug-likeness (QED) is 0.0283. The number of unbranched alkanes of at least 4 members (excludes halogenated alkanes) is 18. The van der Waals surface area contributed by atoms with Crippen molar-refractivity contribution >= 4 is 19.8 Å². The van der Waals surface area contributed by atoms with Crippen molar-refractivity contribution in [3.8, 4) is 0 Å². The smallest absolute Gasteiger partial charge is 0.461 e. The van der Waals surface area contributed by atoms with Crippen molar-refractivity contribution in [2.24, 2.45) is 5.92 Å². The Morgan fingerprint density at radius 3 is 1.71 bits per heavy atom. The van der Waals surface area contributed by atoms with Crippen LogP contribution in [0.2, 0.25) is 0 Å². The Morgan fingerprint density at radius 2 is 1.14 bits per heavy atom. The highest BCUT2D eigenvalue weighted by Crippen LogP contribution is 2.43. The molecule has 0 amide bonds. The van der Waals surface area contributed by atoms with Gasteiger partial charge in [-0.3, -0.25) is 18.6 Å². The third-order valence-corrected chi connectivity index (χ3v) is 9.46. The van der Waals surface area contributed by atoms with Gasteiger partial charge in [0.25, 0.3) is 0 Å².